The minimum absolute atomic E-state index is 0.371. The van der Waals surface area contributed by atoms with Crippen LogP contribution in [-0.4, -0.2) is 12.2 Å². The third kappa shape index (κ3) is 2.46. The average molecular weight is 188 g/mol. The summed E-state index contributed by atoms with van der Waals surface area (Å²) in [6, 6.07) is 10.3. The van der Waals surface area contributed by atoms with Crippen molar-refractivity contribution in [2.45, 2.75) is 32.0 Å². The lowest BCUT2D eigenvalue weighted by molar-refractivity contribution is 0.378. The van der Waals surface area contributed by atoms with Crippen LogP contribution in [0.1, 0.15) is 25.3 Å². The monoisotopic (exact) mass is 188 g/mol. The summed E-state index contributed by atoms with van der Waals surface area (Å²) in [5, 5.41) is 0. The number of ether oxygens (including phenoxy) is 1. The van der Waals surface area contributed by atoms with Gasteiger partial charge in [0.05, 0.1) is 6.10 Å². The molecule has 74 valence electrons. The SMILES string of the molecule is CCCC1OC1C=Cc1ccccc1. The molecule has 0 saturated carbocycles. The van der Waals surface area contributed by atoms with Crippen molar-refractivity contribution in [2.24, 2.45) is 0 Å². The number of hydrogen-bond acceptors (Lipinski definition) is 1. The number of benzene rings is 1. The van der Waals surface area contributed by atoms with Crippen LogP contribution < -0.4 is 0 Å². The van der Waals surface area contributed by atoms with E-state index in [1.165, 1.54) is 18.4 Å². The van der Waals surface area contributed by atoms with Crippen LogP contribution in [0.15, 0.2) is 36.4 Å². The Kier molecular flexibility index (Phi) is 3.00. The molecule has 0 amide bonds. The van der Waals surface area contributed by atoms with Gasteiger partial charge in [0.15, 0.2) is 0 Å². The third-order valence-electron chi connectivity index (χ3n) is 2.47. The van der Waals surface area contributed by atoms with E-state index in [1.807, 2.05) is 6.07 Å². The van der Waals surface area contributed by atoms with Gasteiger partial charge in [-0.1, -0.05) is 55.8 Å². The quantitative estimate of drug-likeness (QED) is 0.661. The summed E-state index contributed by atoms with van der Waals surface area (Å²) in [5.74, 6) is 0. The molecule has 0 bridgehead atoms. The van der Waals surface area contributed by atoms with E-state index in [2.05, 4.69) is 43.3 Å². The van der Waals surface area contributed by atoms with Gasteiger partial charge in [-0.05, 0) is 12.0 Å². The van der Waals surface area contributed by atoms with Crippen molar-refractivity contribution in [1.82, 2.24) is 0 Å². The van der Waals surface area contributed by atoms with Gasteiger partial charge < -0.3 is 4.74 Å². The van der Waals surface area contributed by atoms with Crippen molar-refractivity contribution in [3.63, 3.8) is 0 Å². The first kappa shape index (κ1) is 9.47. The van der Waals surface area contributed by atoms with Crippen molar-refractivity contribution in [3.05, 3.63) is 42.0 Å². The molecule has 2 atom stereocenters. The predicted octanol–water partition coefficient (Wildman–Crippen LogP) is 3.27. The molecule has 0 aliphatic carbocycles. The Morgan fingerprint density at radius 2 is 2.07 bits per heavy atom. The smallest absolute Gasteiger partial charge is 0.103 e. The van der Waals surface area contributed by atoms with Crippen molar-refractivity contribution >= 4 is 6.08 Å². The molecule has 1 nitrogen and oxygen atoms in total. The average Bonchev–Trinajstić information content (AvgIpc) is 2.96. The maximum Gasteiger partial charge on any atom is 0.103 e. The Balaban J connectivity index is 1.85. The maximum atomic E-state index is 5.49. The van der Waals surface area contributed by atoms with Crippen LogP contribution in [0.25, 0.3) is 6.08 Å². The van der Waals surface area contributed by atoms with E-state index < -0.39 is 0 Å². The predicted molar refractivity (Wildman–Crippen MR) is 59.0 cm³/mol. The van der Waals surface area contributed by atoms with Crippen molar-refractivity contribution in [2.75, 3.05) is 0 Å². The van der Waals surface area contributed by atoms with Crippen LogP contribution in [0.4, 0.5) is 0 Å². The normalized spacial score (nSPS) is 25.5. The van der Waals surface area contributed by atoms with Gasteiger partial charge in [-0.25, -0.2) is 0 Å². The third-order valence-corrected chi connectivity index (χ3v) is 2.47. The zero-order valence-corrected chi connectivity index (χ0v) is 8.52. The van der Waals surface area contributed by atoms with Gasteiger partial charge in [0, 0.05) is 0 Å². The van der Waals surface area contributed by atoms with Crippen molar-refractivity contribution in [3.8, 4) is 0 Å². The zero-order chi connectivity index (χ0) is 9.80. The fourth-order valence-corrected chi connectivity index (χ4v) is 1.61. The first-order valence-corrected chi connectivity index (χ1v) is 5.29. The van der Waals surface area contributed by atoms with Crippen LogP contribution in [0.2, 0.25) is 0 Å². The fraction of sp³-hybridized carbons (Fsp3) is 0.385. The molecule has 0 radical (unpaired) electrons. The van der Waals surface area contributed by atoms with Crippen LogP contribution in [0.3, 0.4) is 0 Å². The lowest BCUT2D eigenvalue weighted by atomic mass is 10.1. The minimum atomic E-state index is 0.371. The molecule has 2 rings (SSSR count). The Morgan fingerprint density at radius 1 is 1.29 bits per heavy atom. The Hall–Kier alpha value is -1.08. The standard InChI is InChI=1S/C13H16O/c1-2-6-12-13(14-12)10-9-11-7-4-3-5-8-11/h3-5,7-10,12-13H,2,6H2,1H3. The molecule has 0 spiro atoms. The van der Waals surface area contributed by atoms with Gasteiger partial charge in [-0.15, -0.1) is 0 Å². The van der Waals surface area contributed by atoms with Crippen molar-refractivity contribution in [1.29, 1.82) is 0 Å². The van der Waals surface area contributed by atoms with Crippen LogP contribution in [0.5, 0.6) is 0 Å². The summed E-state index contributed by atoms with van der Waals surface area (Å²) in [6.07, 6.45) is 7.55. The van der Waals surface area contributed by atoms with Crippen molar-refractivity contribution < 1.29 is 4.74 Å². The Morgan fingerprint density at radius 3 is 2.79 bits per heavy atom. The molecular formula is C13H16O. The molecule has 1 fully saturated rings. The highest BCUT2D eigenvalue weighted by atomic mass is 16.6. The molecule has 1 aromatic rings. The molecule has 14 heavy (non-hydrogen) atoms. The van der Waals surface area contributed by atoms with E-state index in [0.717, 1.165) is 0 Å². The van der Waals surface area contributed by atoms with Gasteiger partial charge in [-0.2, -0.15) is 0 Å². The van der Waals surface area contributed by atoms with Crippen LogP contribution in [-0.2, 0) is 4.74 Å². The van der Waals surface area contributed by atoms with Gasteiger partial charge in [0.25, 0.3) is 0 Å². The first-order chi connectivity index (χ1) is 6.90. The van der Waals surface area contributed by atoms with Crippen LogP contribution in [0, 0.1) is 0 Å². The highest BCUT2D eigenvalue weighted by Crippen LogP contribution is 2.28. The summed E-state index contributed by atoms with van der Waals surface area (Å²) >= 11 is 0. The van der Waals surface area contributed by atoms with E-state index >= 15 is 0 Å². The maximum absolute atomic E-state index is 5.49. The van der Waals surface area contributed by atoms with E-state index in [1.54, 1.807) is 0 Å². The second-order valence-electron chi connectivity index (χ2n) is 3.70. The number of rotatable bonds is 4. The Bertz CT molecular complexity index is 302. The van der Waals surface area contributed by atoms with Gasteiger partial charge in [0.1, 0.15) is 6.10 Å². The van der Waals surface area contributed by atoms with E-state index in [0.29, 0.717) is 12.2 Å². The number of hydrogen-bond donors (Lipinski definition) is 0. The van der Waals surface area contributed by atoms with Gasteiger partial charge in [0.2, 0.25) is 0 Å². The highest BCUT2D eigenvalue weighted by molar-refractivity contribution is 5.49. The molecule has 1 heterocycles. The largest absolute Gasteiger partial charge is 0.365 e. The topological polar surface area (TPSA) is 12.5 Å². The van der Waals surface area contributed by atoms with E-state index in [-0.39, 0.29) is 0 Å². The molecule has 2 unspecified atom stereocenters. The van der Waals surface area contributed by atoms with E-state index in [4.69, 9.17) is 4.74 Å². The summed E-state index contributed by atoms with van der Waals surface area (Å²) in [5.41, 5.74) is 1.25. The molecule has 0 N–H and O–H groups in total. The molecule has 1 aliphatic heterocycles. The van der Waals surface area contributed by atoms with Crippen LogP contribution >= 0.6 is 0 Å². The second kappa shape index (κ2) is 4.43. The summed E-state index contributed by atoms with van der Waals surface area (Å²) in [6.45, 7) is 2.19. The summed E-state index contributed by atoms with van der Waals surface area (Å²) in [7, 11) is 0. The van der Waals surface area contributed by atoms with Gasteiger partial charge in [-0.3, -0.25) is 0 Å². The molecular weight excluding hydrogens is 172 g/mol. The minimum Gasteiger partial charge on any atom is -0.365 e. The van der Waals surface area contributed by atoms with Gasteiger partial charge >= 0.3 is 0 Å². The molecule has 0 aromatic heterocycles. The lowest BCUT2D eigenvalue weighted by Gasteiger charge is -1.89. The lowest BCUT2D eigenvalue weighted by Crippen LogP contribution is -1.88. The van der Waals surface area contributed by atoms with E-state index in [9.17, 15) is 0 Å². The molecule has 1 saturated heterocycles. The fourth-order valence-electron chi connectivity index (χ4n) is 1.61. The summed E-state index contributed by atoms with van der Waals surface area (Å²) in [4.78, 5) is 0. The number of epoxide rings is 1. The first-order valence-electron chi connectivity index (χ1n) is 5.29. The highest BCUT2D eigenvalue weighted by Gasteiger charge is 2.34. The molecule has 1 heteroatoms. The molecule has 1 aromatic carbocycles. The summed E-state index contributed by atoms with van der Waals surface area (Å²) < 4.78 is 5.49. The Labute approximate surface area is 85.4 Å². The molecule has 1 aliphatic rings. The second-order valence-corrected chi connectivity index (χ2v) is 3.70. The zero-order valence-electron chi connectivity index (χ0n) is 8.52.